The van der Waals surface area contributed by atoms with E-state index in [0.717, 1.165) is 0 Å². The van der Waals surface area contributed by atoms with Crippen molar-refractivity contribution in [3.05, 3.63) is 0 Å². The van der Waals surface area contributed by atoms with Crippen molar-refractivity contribution in [2.45, 2.75) is 26.2 Å². The molecule has 0 aliphatic carbocycles. The molecule has 0 aromatic carbocycles. The van der Waals surface area contributed by atoms with Gasteiger partial charge in [-0.3, -0.25) is 0 Å². The van der Waals surface area contributed by atoms with E-state index in [1.807, 2.05) is 15.0 Å². The predicted octanol–water partition coefficient (Wildman–Crippen LogP) is 3.43. The molecule has 11 heavy (non-hydrogen) atoms. The van der Waals surface area contributed by atoms with E-state index in [1.54, 1.807) is 10.8 Å². The van der Waals surface area contributed by atoms with Crippen LogP contribution in [-0.2, 0) is 0 Å². The summed E-state index contributed by atoms with van der Waals surface area (Å²) in [4.78, 5) is 0. The first kappa shape index (κ1) is 7.48. The summed E-state index contributed by atoms with van der Waals surface area (Å²) in [6.45, 7) is 2.33. The second-order valence-corrected chi connectivity index (χ2v) is 27.6. The number of halogens is 1. The van der Waals surface area contributed by atoms with Crippen molar-refractivity contribution < 1.29 is 0 Å². The molecule has 0 aromatic heterocycles. The Bertz CT molecular complexity index is 183. The Morgan fingerprint density at radius 3 is 2.09 bits per heavy atom. The zero-order valence-corrected chi connectivity index (χ0v) is 10.4. The predicted molar refractivity (Wildman–Crippen MR) is 65.5 cm³/mol. The molecular formula is C9H19IS. The molecule has 6 aliphatic rings. The summed E-state index contributed by atoms with van der Waals surface area (Å²) in [6.07, 6.45) is 4.57. The summed E-state index contributed by atoms with van der Waals surface area (Å²) in [5.41, 5.74) is 0. The van der Waals surface area contributed by atoms with Crippen molar-refractivity contribution in [1.82, 2.24) is 0 Å². The van der Waals surface area contributed by atoms with Gasteiger partial charge in [0.25, 0.3) is 0 Å². The first-order chi connectivity index (χ1) is 5.20. The van der Waals surface area contributed by atoms with Gasteiger partial charge in [0, 0.05) is 0 Å². The molecule has 6 heterocycles. The minimum absolute atomic E-state index is 0.283. The van der Waals surface area contributed by atoms with E-state index in [4.69, 9.17) is 0 Å². The summed E-state index contributed by atoms with van der Waals surface area (Å²) >= 11 is -1.25. The van der Waals surface area contributed by atoms with Crippen molar-refractivity contribution in [3.63, 3.8) is 0 Å². The van der Waals surface area contributed by atoms with Gasteiger partial charge in [-0.2, -0.15) is 0 Å². The third-order valence-electron chi connectivity index (χ3n) is 3.43. The van der Waals surface area contributed by atoms with Crippen LogP contribution in [0.1, 0.15) is 26.2 Å². The molecule has 2 bridgehead atoms. The molecule has 68 valence electrons. The molecule has 6 rings (SSSR count). The Hall–Kier alpha value is 1.08. The van der Waals surface area contributed by atoms with Gasteiger partial charge in [-0.05, 0) is 0 Å². The Morgan fingerprint density at radius 1 is 1.09 bits per heavy atom. The first-order valence-electron chi connectivity index (χ1n) is 4.70. The Balaban J connectivity index is 1.56. The molecule has 6 fully saturated rings. The van der Waals surface area contributed by atoms with Crippen LogP contribution < -0.4 is 0 Å². The fourth-order valence-electron chi connectivity index (χ4n) is 3.37. The monoisotopic (exact) mass is 286 g/mol. The van der Waals surface area contributed by atoms with Gasteiger partial charge in [0.2, 0.25) is 0 Å². The molecule has 0 N–H and O–H groups in total. The standard InChI is InChI=1S/C9H19IS/c1-2-3-4-5-10-6-11(7-10,8-10)9-10/h2-9H2,1H3. The van der Waals surface area contributed by atoms with E-state index in [9.17, 15) is 0 Å². The van der Waals surface area contributed by atoms with Gasteiger partial charge in [0.15, 0.2) is 0 Å². The van der Waals surface area contributed by atoms with E-state index < -0.39 is 17.0 Å². The van der Waals surface area contributed by atoms with Gasteiger partial charge in [-0.1, -0.05) is 0 Å². The molecule has 0 unspecified atom stereocenters. The maximum atomic E-state index is 2.33. The Morgan fingerprint density at radius 2 is 1.73 bits per heavy atom. The number of rotatable bonds is 4. The van der Waals surface area contributed by atoms with Crippen LogP contribution >= 0.6 is 27.1 Å². The van der Waals surface area contributed by atoms with E-state index >= 15 is 0 Å². The van der Waals surface area contributed by atoms with Crippen LogP contribution in [0.5, 0.6) is 0 Å². The molecule has 0 amide bonds. The van der Waals surface area contributed by atoms with Crippen LogP contribution in [0.3, 0.4) is 0 Å². The van der Waals surface area contributed by atoms with E-state index in [2.05, 4.69) is 6.92 Å². The SMILES string of the molecule is CCCCCI123CS(C1)(C2)C3. The number of hydrogen-bond acceptors (Lipinski definition) is 0. The van der Waals surface area contributed by atoms with Crippen molar-refractivity contribution in [2.24, 2.45) is 0 Å². The molecule has 6 aliphatic heterocycles. The average molecular weight is 286 g/mol. The average Bonchev–Trinajstić information content (AvgIpc) is 1.70. The van der Waals surface area contributed by atoms with Crippen LogP contribution in [0.25, 0.3) is 0 Å². The van der Waals surface area contributed by atoms with Gasteiger partial charge in [-0.15, -0.1) is 0 Å². The zero-order valence-electron chi connectivity index (χ0n) is 7.44. The third-order valence-corrected chi connectivity index (χ3v) is 48.6. The maximum absolute atomic E-state index is 2.33. The van der Waals surface area contributed by atoms with Gasteiger partial charge in [0.1, 0.15) is 0 Å². The zero-order chi connectivity index (χ0) is 7.60. The molecule has 0 spiro atoms. The fraction of sp³-hybridized carbons (Fsp3) is 1.00. The Labute approximate surface area is 72.5 Å². The van der Waals surface area contributed by atoms with Gasteiger partial charge < -0.3 is 0 Å². The third kappa shape index (κ3) is 0.702. The minimum atomic E-state index is -1.25. The molecule has 0 radical (unpaired) electrons. The number of alkyl halides is 5. The van der Waals surface area contributed by atoms with Crippen molar-refractivity contribution in [3.8, 4) is 0 Å². The van der Waals surface area contributed by atoms with Crippen molar-refractivity contribution >= 4 is 27.1 Å². The van der Waals surface area contributed by atoms with E-state index in [1.165, 1.54) is 12.8 Å². The van der Waals surface area contributed by atoms with Crippen LogP contribution in [0.4, 0.5) is 0 Å². The van der Waals surface area contributed by atoms with Crippen LogP contribution in [0, 0.1) is 0 Å². The summed E-state index contributed by atoms with van der Waals surface area (Å²) in [6, 6.07) is 0. The molecule has 2 heteroatoms. The van der Waals surface area contributed by atoms with E-state index in [-0.39, 0.29) is 10.0 Å². The molecule has 0 aromatic rings. The summed E-state index contributed by atoms with van der Waals surface area (Å²) in [5.74, 6) is 0. The van der Waals surface area contributed by atoms with Gasteiger partial charge >= 0.3 is 72.7 Å². The number of unbranched alkanes of at least 4 members (excludes halogenated alkanes) is 2. The Kier molecular flexibility index (Phi) is 1.22. The van der Waals surface area contributed by atoms with Crippen LogP contribution in [0.2, 0.25) is 0 Å². The summed E-state index contributed by atoms with van der Waals surface area (Å²) in [7, 11) is 0.283. The van der Waals surface area contributed by atoms with Crippen LogP contribution in [-0.4, -0.2) is 19.5 Å². The molecule has 6 saturated heterocycles. The first-order valence-corrected chi connectivity index (χ1v) is 14.6. The summed E-state index contributed by atoms with van der Waals surface area (Å²) in [5, 5.41) is 0. The normalized spacial score (nSPS) is 54.8. The van der Waals surface area contributed by atoms with Gasteiger partial charge in [0.05, 0.1) is 0 Å². The quantitative estimate of drug-likeness (QED) is 0.422. The second kappa shape index (κ2) is 1.79. The fourth-order valence-corrected chi connectivity index (χ4v) is 56.7. The molecule has 0 atom stereocenters. The second-order valence-electron chi connectivity index (χ2n) is 4.95. The van der Waals surface area contributed by atoms with Gasteiger partial charge in [-0.25, -0.2) is 0 Å². The van der Waals surface area contributed by atoms with E-state index in [0.29, 0.717) is 0 Å². The molecule has 0 nitrogen and oxygen atoms in total. The van der Waals surface area contributed by atoms with Crippen LogP contribution in [0.15, 0.2) is 0 Å². The molecule has 0 saturated carbocycles. The summed E-state index contributed by atoms with van der Waals surface area (Å²) < 4.78 is 9.40. The topological polar surface area (TPSA) is 0 Å². The molecular weight excluding hydrogens is 267 g/mol. The van der Waals surface area contributed by atoms with Crippen molar-refractivity contribution in [1.29, 1.82) is 0 Å². The van der Waals surface area contributed by atoms with Crippen molar-refractivity contribution in [2.75, 3.05) is 19.5 Å². The number of hydrogen-bond donors (Lipinski definition) is 0.